The number of aromatic nitrogens is 1. The van der Waals surface area contributed by atoms with Crippen LogP contribution in [0.25, 0.3) is 10.9 Å². The molecule has 5 heteroatoms. The molecule has 0 atom stereocenters. The molecule has 0 unspecified atom stereocenters. The lowest BCUT2D eigenvalue weighted by Gasteiger charge is -2.27. The summed E-state index contributed by atoms with van der Waals surface area (Å²) in [5.74, 6) is 2.27. The van der Waals surface area contributed by atoms with Gasteiger partial charge in [0.1, 0.15) is 5.82 Å². The largest absolute Gasteiger partial charge is 0.478 e. The number of hydrogen-bond donors (Lipinski definition) is 1. The standard InChI is InChI=1S/C14H14N2O2S/c17-14(18)11-2-1-3-12-10(11)4-5-13(15-12)16-6-8-19-9-7-16/h1-5H,6-9H2,(H,17,18). The number of fused-ring (bicyclic) bond motifs is 1. The van der Waals surface area contributed by atoms with Gasteiger partial charge in [-0.15, -0.1) is 0 Å². The third-order valence-electron chi connectivity index (χ3n) is 3.28. The van der Waals surface area contributed by atoms with Crippen molar-refractivity contribution in [3.63, 3.8) is 0 Å². The molecule has 1 aromatic carbocycles. The number of carbonyl (C=O) groups is 1. The van der Waals surface area contributed by atoms with Crippen molar-refractivity contribution < 1.29 is 9.90 Å². The number of benzene rings is 1. The van der Waals surface area contributed by atoms with Crippen molar-refractivity contribution in [3.8, 4) is 0 Å². The maximum Gasteiger partial charge on any atom is 0.336 e. The molecule has 0 bridgehead atoms. The summed E-state index contributed by atoms with van der Waals surface area (Å²) in [5.41, 5.74) is 1.06. The van der Waals surface area contributed by atoms with Gasteiger partial charge in [0, 0.05) is 30.0 Å². The van der Waals surface area contributed by atoms with E-state index in [0.29, 0.717) is 10.9 Å². The van der Waals surface area contributed by atoms with Crippen LogP contribution in [0, 0.1) is 0 Å². The van der Waals surface area contributed by atoms with Crippen molar-refractivity contribution in [2.45, 2.75) is 0 Å². The van der Waals surface area contributed by atoms with Gasteiger partial charge in [-0.05, 0) is 24.3 Å². The van der Waals surface area contributed by atoms with E-state index in [-0.39, 0.29) is 0 Å². The molecular weight excluding hydrogens is 260 g/mol. The first-order valence-corrected chi connectivity index (χ1v) is 7.37. The summed E-state index contributed by atoms with van der Waals surface area (Å²) >= 11 is 1.96. The minimum Gasteiger partial charge on any atom is -0.478 e. The van der Waals surface area contributed by atoms with Gasteiger partial charge in [-0.3, -0.25) is 0 Å². The highest BCUT2D eigenvalue weighted by Gasteiger charge is 2.14. The van der Waals surface area contributed by atoms with Crippen molar-refractivity contribution in [1.82, 2.24) is 4.98 Å². The van der Waals surface area contributed by atoms with Crippen LogP contribution in [-0.4, -0.2) is 40.7 Å². The van der Waals surface area contributed by atoms with E-state index in [4.69, 9.17) is 5.11 Å². The van der Waals surface area contributed by atoms with Crippen LogP contribution in [-0.2, 0) is 0 Å². The number of carboxylic acid groups (broad SMARTS) is 1. The molecule has 2 heterocycles. The fourth-order valence-electron chi connectivity index (χ4n) is 2.30. The minimum absolute atomic E-state index is 0.311. The highest BCUT2D eigenvalue weighted by Crippen LogP contribution is 2.23. The number of carboxylic acids is 1. The first-order valence-electron chi connectivity index (χ1n) is 6.21. The number of hydrogen-bond acceptors (Lipinski definition) is 4. The summed E-state index contributed by atoms with van der Waals surface area (Å²) in [6, 6.07) is 9.01. The van der Waals surface area contributed by atoms with E-state index in [1.54, 1.807) is 12.1 Å². The Balaban J connectivity index is 2.04. The quantitative estimate of drug-likeness (QED) is 0.911. The van der Waals surface area contributed by atoms with Crippen molar-refractivity contribution >= 4 is 34.5 Å². The second-order valence-corrected chi connectivity index (χ2v) is 5.67. The highest BCUT2D eigenvalue weighted by molar-refractivity contribution is 7.99. The fraction of sp³-hybridized carbons (Fsp3) is 0.286. The van der Waals surface area contributed by atoms with Gasteiger partial charge in [-0.1, -0.05) is 6.07 Å². The van der Waals surface area contributed by atoms with Crippen LogP contribution in [0.4, 0.5) is 5.82 Å². The Labute approximate surface area is 115 Å². The Kier molecular flexibility index (Phi) is 3.29. The fourth-order valence-corrected chi connectivity index (χ4v) is 3.20. The van der Waals surface area contributed by atoms with Gasteiger partial charge < -0.3 is 10.0 Å². The number of thioether (sulfide) groups is 1. The second kappa shape index (κ2) is 5.09. The zero-order valence-electron chi connectivity index (χ0n) is 10.4. The Bertz CT molecular complexity index is 624. The molecular formula is C14H14N2O2S. The van der Waals surface area contributed by atoms with E-state index >= 15 is 0 Å². The predicted octanol–water partition coefficient (Wildman–Crippen LogP) is 2.49. The van der Waals surface area contributed by atoms with Gasteiger partial charge in [0.25, 0.3) is 0 Å². The Morgan fingerprint density at radius 1 is 1.21 bits per heavy atom. The molecule has 19 heavy (non-hydrogen) atoms. The molecule has 1 N–H and O–H groups in total. The van der Waals surface area contributed by atoms with Crippen LogP contribution in [0.3, 0.4) is 0 Å². The summed E-state index contributed by atoms with van der Waals surface area (Å²) in [5, 5.41) is 9.86. The van der Waals surface area contributed by atoms with Crippen LogP contribution < -0.4 is 4.90 Å². The molecule has 4 nitrogen and oxygen atoms in total. The Morgan fingerprint density at radius 3 is 2.74 bits per heavy atom. The van der Waals surface area contributed by atoms with Crippen molar-refractivity contribution in [2.75, 3.05) is 29.5 Å². The SMILES string of the molecule is O=C(O)c1cccc2nc(N3CCSCC3)ccc12. The maximum atomic E-state index is 11.2. The van der Waals surface area contributed by atoms with Crippen molar-refractivity contribution in [3.05, 3.63) is 35.9 Å². The molecule has 2 aromatic rings. The molecule has 0 spiro atoms. The van der Waals surface area contributed by atoms with Gasteiger partial charge in [-0.25, -0.2) is 9.78 Å². The smallest absolute Gasteiger partial charge is 0.336 e. The van der Waals surface area contributed by atoms with Crippen LogP contribution >= 0.6 is 11.8 Å². The van der Waals surface area contributed by atoms with Gasteiger partial charge in [0.2, 0.25) is 0 Å². The first kappa shape index (κ1) is 12.3. The number of pyridine rings is 1. The average Bonchev–Trinajstić information content (AvgIpc) is 2.47. The molecule has 1 aromatic heterocycles. The third kappa shape index (κ3) is 2.38. The molecule has 1 fully saturated rings. The maximum absolute atomic E-state index is 11.2. The molecule has 0 radical (unpaired) electrons. The molecule has 0 amide bonds. The summed E-state index contributed by atoms with van der Waals surface area (Å²) in [4.78, 5) is 18.0. The van der Waals surface area contributed by atoms with Crippen LogP contribution in [0.5, 0.6) is 0 Å². The number of rotatable bonds is 2. The van der Waals surface area contributed by atoms with Crippen molar-refractivity contribution in [1.29, 1.82) is 0 Å². The Morgan fingerprint density at radius 2 is 2.00 bits per heavy atom. The molecule has 1 aliphatic heterocycles. The zero-order valence-corrected chi connectivity index (χ0v) is 11.2. The van der Waals surface area contributed by atoms with Crippen LogP contribution in [0.2, 0.25) is 0 Å². The lowest BCUT2D eigenvalue weighted by molar-refractivity contribution is 0.0699. The van der Waals surface area contributed by atoms with Crippen LogP contribution in [0.1, 0.15) is 10.4 Å². The number of aromatic carboxylic acids is 1. The van der Waals surface area contributed by atoms with E-state index in [1.165, 1.54) is 0 Å². The normalized spacial score (nSPS) is 15.7. The third-order valence-corrected chi connectivity index (χ3v) is 4.23. The van der Waals surface area contributed by atoms with E-state index < -0.39 is 5.97 Å². The molecule has 98 valence electrons. The molecule has 3 rings (SSSR count). The molecule has 1 saturated heterocycles. The van der Waals surface area contributed by atoms with Gasteiger partial charge in [0.05, 0.1) is 11.1 Å². The minimum atomic E-state index is -0.908. The van der Waals surface area contributed by atoms with E-state index in [2.05, 4.69) is 9.88 Å². The van der Waals surface area contributed by atoms with E-state index in [0.717, 1.165) is 35.9 Å². The monoisotopic (exact) mass is 274 g/mol. The Hall–Kier alpha value is -1.75. The first-order chi connectivity index (χ1) is 9.25. The van der Waals surface area contributed by atoms with Gasteiger partial charge in [-0.2, -0.15) is 11.8 Å². The van der Waals surface area contributed by atoms with E-state index in [1.807, 2.05) is 30.0 Å². The van der Waals surface area contributed by atoms with Gasteiger partial charge >= 0.3 is 5.97 Å². The predicted molar refractivity (Wildman–Crippen MR) is 78.2 cm³/mol. The summed E-state index contributed by atoms with van der Waals surface area (Å²) in [6.07, 6.45) is 0. The highest BCUT2D eigenvalue weighted by atomic mass is 32.2. The van der Waals surface area contributed by atoms with Crippen molar-refractivity contribution in [2.24, 2.45) is 0 Å². The summed E-state index contributed by atoms with van der Waals surface area (Å²) < 4.78 is 0. The molecule has 1 aliphatic rings. The number of nitrogens with zero attached hydrogens (tertiary/aromatic N) is 2. The average molecular weight is 274 g/mol. The number of anilines is 1. The second-order valence-electron chi connectivity index (χ2n) is 4.45. The van der Waals surface area contributed by atoms with Crippen LogP contribution in [0.15, 0.2) is 30.3 Å². The summed E-state index contributed by atoms with van der Waals surface area (Å²) in [6.45, 7) is 2.00. The summed E-state index contributed by atoms with van der Waals surface area (Å²) in [7, 11) is 0. The molecule has 0 aliphatic carbocycles. The zero-order chi connectivity index (χ0) is 13.2. The lowest BCUT2D eigenvalue weighted by Crippen LogP contribution is -2.33. The molecule has 0 saturated carbocycles. The van der Waals surface area contributed by atoms with E-state index in [9.17, 15) is 4.79 Å². The lowest BCUT2D eigenvalue weighted by atomic mass is 10.1. The van der Waals surface area contributed by atoms with Gasteiger partial charge in [0.15, 0.2) is 0 Å². The topological polar surface area (TPSA) is 53.4 Å².